The molecule has 1 N–H and O–H groups in total. The summed E-state index contributed by atoms with van der Waals surface area (Å²) in [5.74, 6) is 0.456. The number of aromatic nitrogens is 3. The molecule has 9 heteroatoms. The molecular weight excluding hydrogens is 400 g/mol. The summed E-state index contributed by atoms with van der Waals surface area (Å²) < 4.78 is 5.70. The van der Waals surface area contributed by atoms with Gasteiger partial charge in [0.1, 0.15) is 17.4 Å². The van der Waals surface area contributed by atoms with Gasteiger partial charge in [0.05, 0.1) is 10.7 Å². The van der Waals surface area contributed by atoms with Gasteiger partial charge in [-0.25, -0.2) is 4.98 Å². The molecule has 1 amide bonds. The highest BCUT2D eigenvalue weighted by molar-refractivity contribution is 7.19. The number of carbonyl (C=O) groups is 1. The molecule has 0 aliphatic rings. The molecule has 0 aliphatic heterocycles. The van der Waals surface area contributed by atoms with Gasteiger partial charge >= 0.3 is 0 Å². The maximum absolute atomic E-state index is 12.4. The van der Waals surface area contributed by atoms with Crippen LogP contribution in [0.3, 0.4) is 0 Å². The fraction of sp³-hybridized carbons (Fsp3) is 0.111. The molecule has 4 rings (SSSR count). The van der Waals surface area contributed by atoms with Crippen LogP contribution in [0.2, 0.25) is 0 Å². The molecule has 0 atom stereocenters. The van der Waals surface area contributed by atoms with E-state index in [0.29, 0.717) is 23.1 Å². The largest absolute Gasteiger partial charge is 0.487 e. The van der Waals surface area contributed by atoms with Crippen LogP contribution in [0, 0.1) is 6.92 Å². The predicted octanol–water partition coefficient (Wildman–Crippen LogP) is 4.86. The summed E-state index contributed by atoms with van der Waals surface area (Å²) in [4.78, 5) is 16.7. The fourth-order valence-corrected chi connectivity index (χ4v) is 4.33. The molecule has 136 valence electrons. The zero-order chi connectivity index (χ0) is 18.6. The molecule has 27 heavy (non-hydrogen) atoms. The molecule has 3 heterocycles. The second-order valence-electron chi connectivity index (χ2n) is 5.55. The Morgan fingerprint density at radius 3 is 2.70 bits per heavy atom. The number of nitrogens with zero attached hydrogens (tertiary/aromatic N) is 3. The molecule has 6 nitrogen and oxygen atoms in total. The van der Waals surface area contributed by atoms with Gasteiger partial charge in [0, 0.05) is 21.9 Å². The first kappa shape index (κ1) is 17.8. The second kappa shape index (κ2) is 7.95. The van der Waals surface area contributed by atoms with Crippen molar-refractivity contribution in [1.82, 2.24) is 15.2 Å². The lowest BCUT2D eigenvalue weighted by atomic mass is 10.2. The summed E-state index contributed by atoms with van der Waals surface area (Å²) in [5, 5.41) is 19.1. The summed E-state index contributed by atoms with van der Waals surface area (Å²) >= 11 is 4.54. The highest BCUT2D eigenvalue weighted by atomic mass is 32.1. The maximum Gasteiger partial charge on any atom is 0.257 e. The third-order valence-corrected chi connectivity index (χ3v) is 5.98. The Balaban J connectivity index is 1.36. The average molecular weight is 415 g/mol. The van der Waals surface area contributed by atoms with E-state index in [2.05, 4.69) is 20.5 Å². The van der Waals surface area contributed by atoms with E-state index in [1.54, 1.807) is 46.9 Å². The zero-order valence-electron chi connectivity index (χ0n) is 14.2. The van der Waals surface area contributed by atoms with E-state index in [1.165, 1.54) is 11.3 Å². The number of thiazole rings is 1. The van der Waals surface area contributed by atoms with Crippen molar-refractivity contribution in [3.8, 4) is 16.3 Å². The van der Waals surface area contributed by atoms with Crippen LogP contribution < -0.4 is 10.1 Å². The van der Waals surface area contributed by atoms with Gasteiger partial charge in [0.2, 0.25) is 5.13 Å². The number of nitrogens with one attached hydrogen (secondary N) is 1. The number of carbonyl (C=O) groups excluding carboxylic acids is 1. The number of rotatable bonds is 6. The van der Waals surface area contributed by atoms with Crippen molar-refractivity contribution in [3.63, 3.8) is 0 Å². The third kappa shape index (κ3) is 4.38. The summed E-state index contributed by atoms with van der Waals surface area (Å²) in [6.07, 6.45) is 0. The Kier molecular flexibility index (Phi) is 5.23. The Hall–Kier alpha value is -2.62. The van der Waals surface area contributed by atoms with Crippen molar-refractivity contribution in [1.29, 1.82) is 0 Å². The molecular formula is C18H14N4O2S3. The monoisotopic (exact) mass is 414 g/mol. The summed E-state index contributed by atoms with van der Waals surface area (Å²) in [6.45, 7) is 2.37. The van der Waals surface area contributed by atoms with Crippen molar-refractivity contribution < 1.29 is 9.53 Å². The Morgan fingerprint density at radius 2 is 2.00 bits per heavy atom. The van der Waals surface area contributed by atoms with Crippen molar-refractivity contribution in [3.05, 3.63) is 62.7 Å². The molecule has 0 spiro atoms. The second-order valence-corrected chi connectivity index (χ2v) is 8.37. The molecule has 0 unspecified atom stereocenters. The minimum absolute atomic E-state index is 0.232. The number of anilines is 1. The van der Waals surface area contributed by atoms with E-state index in [0.717, 1.165) is 21.3 Å². The molecule has 0 bridgehead atoms. The SMILES string of the molecule is Cc1nc(COc2ccc(C(=O)Nc3nnc(-c4ccsc4)s3)cc2)cs1. The van der Waals surface area contributed by atoms with Crippen LogP contribution in [0.25, 0.3) is 10.6 Å². The first-order valence-corrected chi connectivity index (χ1v) is 10.6. The van der Waals surface area contributed by atoms with Gasteiger partial charge in [-0.2, -0.15) is 11.3 Å². The summed E-state index contributed by atoms with van der Waals surface area (Å²) in [6, 6.07) is 8.95. The van der Waals surface area contributed by atoms with E-state index >= 15 is 0 Å². The van der Waals surface area contributed by atoms with Crippen molar-refractivity contribution in [2.24, 2.45) is 0 Å². The zero-order valence-corrected chi connectivity index (χ0v) is 16.7. The highest BCUT2D eigenvalue weighted by Gasteiger charge is 2.12. The van der Waals surface area contributed by atoms with Crippen LogP contribution in [0.5, 0.6) is 5.75 Å². The summed E-state index contributed by atoms with van der Waals surface area (Å²) in [5.41, 5.74) is 2.44. The molecule has 4 aromatic rings. The van der Waals surface area contributed by atoms with E-state index in [9.17, 15) is 4.79 Å². The fourth-order valence-electron chi connectivity index (χ4n) is 2.28. The number of aryl methyl sites for hydroxylation is 1. The quantitative estimate of drug-likeness (QED) is 0.487. The van der Waals surface area contributed by atoms with Gasteiger partial charge in [0.15, 0.2) is 0 Å². The van der Waals surface area contributed by atoms with Crippen LogP contribution in [0.15, 0.2) is 46.5 Å². The van der Waals surface area contributed by atoms with Gasteiger partial charge in [-0.15, -0.1) is 21.5 Å². The van der Waals surface area contributed by atoms with Gasteiger partial charge in [-0.3, -0.25) is 10.1 Å². The van der Waals surface area contributed by atoms with Gasteiger partial charge < -0.3 is 4.74 Å². The molecule has 0 fully saturated rings. The molecule has 0 radical (unpaired) electrons. The number of ether oxygens (including phenoxy) is 1. The van der Waals surface area contributed by atoms with E-state index in [1.807, 2.05) is 29.1 Å². The van der Waals surface area contributed by atoms with E-state index in [-0.39, 0.29) is 5.91 Å². The van der Waals surface area contributed by atoms with Crippen LogP contribution in [-0.4, -0.2) is 21.1 Å². The number of amides is 1. The smallest absolute Gasteiger partial charge is 0.257 e. The van der Waals surface area contributed by atoms with Crippen molar-refractivity contribution in [2.75, 3.05) is 5.32 Å². The minimum atomic E-state index is -0.232. The molecule has 0 aliphatic carbocycles. The standard InChI is InChI=1S/C18H14N4O2S3/c1-11-19-14(10-26-11)8-24-15-4-2-12(3-5-15)16(23)20-18-22-21-17(27-18)13-6-7-25-9-13/h2-7,9-10H,8H2,1H3,(H,20,22,23). The first-order chi connectivity index (χ1) is 13.2. The van der Waals surface area contributed by atoms with Gasteiger partial charge in [-0.1, -0.05) is 11.3 Å². The average Bonchev–Trinajstić information content (AvgIpc) is 3.42. The number of hydrogen-bond acceptors (Lipinski definition) is 8. The van der Waals surface area contributed by atoms with Crippen molar-refractivity contribution >= 4 is 45.0 Å². The van der Waals surface area contributed by atoms with Gasteiger partial charge in [0.25, 0.3) is 5.91 Å². The van der Waals surface area contributed by atoms with Crippen LogP contribution >= 0.6 is 34.0 Å². The Morgan fingerprint density at radius 1 is 1.15 bits per heavy atom. The maximum atomic E-state index is 12.4. The van der Waals surface area contributed by atoms with E-state index in [4.69, 9.17) is 4.74 Å². The molecule has 0 saturated carbocycles. The lowest BCUT2D eigenvalue weighted by Gasteiger charge is -2.05. The molecule has 0 saturated heterocycles. The minimum Gasteiger partial charge on any atom is -0.487 e. The third-order valence-electron chi connectivity index (χ3n) is 3.58. The van der Waals surface area contributed by atoms with Crippen LogP contribution in [-0.2, 0) is 6.61 Å². The Labute approximate surface area is 167 Å². The molecule has 3 aromatic heterocycles. The van der Waals surface area contributed by atoms with Gasteiger partial charge in [-0.05, 0) is 42.6 Å². The normalized spacial score (nSPS) is 10.7. The lowest BCUT2D eigenvalue weighted by Crippen LogP contribution is -2.11. The van der Waals surface area contributed by atoms with E-state index < -0.39 is 0 Å². The first-order valence-electron chi connectivity index (χ1n) is 7.99. The number of thiophene rings is 1. The van der Waals surface area contributed by atoms with Crippen molar-refractivity contribution in [2.45, 2.75) is 13.5 Å². The summed E-state index contributed by atoms with van der Waals surface area (Å²) in [7, 11) is 0. The number of benzene rings is 1. The lowest BCUT2D eigenvalue weighted by molar-refractivity contribution is 0.102. The topological polar surface area (TPSA) is 77.0 Å². The van der Waals surface area contributed by atoms with Crippen LogP contribution in [0.1, 0.15) is 21.1 Å². The highest BCUT2D eigenvalue weighted by Crippen LogP contribution is 2.28. The number of hydrogen-bond donors (Lipinski definition) is 1. The Bertz CT molecular complexity index is 1040. The predicted molar refractivity (Wildman–Crippen MR) is 109 cm³/mol. The van der Waals surface area contributed by atoms with Crippen LogP contribution in [0.4, 0.5) is 5.13 Å². The molecule has 1 aromatic carbocycles.